The predicted octanol–water partition coefficient (Wildman–Crippen LogP) is 2.04. The molecular formula is C12H15ClF4N2O3. The highest BCUT2D eigenvalue weighted by Gasteiger charge is 2.28. The van der Waals surface area contributed by atoms with Crippen LogP contribution in [-0.4, -0.2) is 38.6 Å². The van der Waals surface area contributed by atoms with Crippen molar-refractivity contribution in [1.82, 2.24) is 5.32 Å². The van der Waals surface area contributed by atoms with Gasteiger partial charge in [-0.15, -0.1) is 12.4 Å². The van der Waals surface area contributed by atoms with Gasteiger partial charge in [-0.3, -0.25) is 4.79 Å². The molecule has 1 aromatic rings. The molecule has 5 nitrogen and oxygen atoms in total. The molecule has 0 spiro atoms. The Morgan fingerprint density at radius 1 is 1.41 bits per heavy atom. The first kappa shape index (κ1) is 20.3. The highest BCUT2D eigenvalue weighted by molar-refractivity contribution is 5.97. The van der Waals surface area contributed by atoms with Gasteiger partial charge in [0.2, 0.25) is 0 Å². The first-order valence-electron chi connectivity index (χ1n) is 5.78. The molecule has 1 rings (SSSR count). The Kier molecular flexibility index (Phi) is 7.96. The Morgan fingerprint density at radius 3 is 2.55 bits per heavy atom. The molecule has 1 aromatic carbocycles. The molecular weight excluding hydrogens is 332 g/mol. The zero-order valence-electron chi connectivity index (χ0n) is 11.4. The van der Waals surface area contributed by atoms with E-state index < -0.39 is 37.3 Å². The Balaban J connectivity index is 0.00000441. The molecule has 3 N–H and O–H groups in total. The van der Waals surface area contributed by atoms with Gasteiger partial charge in [-0.1, -0.05) is 6.07 Å². The van der Waals surface area contributed by atoms with Gasteiger partial charge in [0.1, 0.15) is 0 Å². The first-order chi connectivity index (χ1) is 9.80. The number of amides is 1. The van der Waals surface area contributed by atoms with Crippen LogP contribution in [-0.2, 0) is 0 Å². The van der Waals surface area contributed by atoms with Crippen LogP contribution in [0.1, 0.15) is 10.4 Å². The van der Waals surface area contributed by atoms with E-state index in [9.17, 15) is 22.4 Å². The molecule has 0 saturated heterocycles. The lowest BCUT2D eigenvalue weighted by Crippen LogP contribution is -2.41. The van der Waals surface area contributed by atoms with Gasteiger partial charge in [-0.2, -0.15) is 8.78 Å². The minimum atomic E-state index is -3.29. The van der Waals surface area contributed by atoms with Gasteiger partial charge in [0.05, 0.1) is 25.8 Å². The Morgan fingerprint density at radius 2 is 2.05 bits per heavy atom. The molecule has 0 aliphatic heterocycles. The molecule has 22 heavy (non-hydrogen) atoms. The number of ether oxygens (including phenoxy) is 2. The number of carbonyl (C=O) groups is 1. The number of halogens is 5. The third-order valence-corrected chi connectivity index (χ3v) is 2.46. The number of methoxy groups -OCH3 is 1. The van der Waals surface area contributed by atoms with E-state index in [1.54, 1.807) is 0 Å². The van der Waals surface area contributed by atoms with Gasteiger partial charge in [-0.25, -0.2) is 8.78 Å². The summed E-state index contributed by atoms with van der Waals surface area (Å²) in [5.74, 6) is -4.94. The third-order valence-electron chi connectivity index (χ3n) is 2.46. The second-order valence-corrected chi connectivity index (χ2v) is 3.96. The van der Waals surface area contributed by atoms with E-state index in [1.807, 2.05) is 5.32 Å². The minimum Gasteiger partial charge on any atom is -0.493 e. The molecule has 0 atom stereocenters. The summed E-state index contributed by atoms with van der Waals surface area (Å²) in [7, 11) is 1.19. The van der Waals surface area contributed by atoms with Crippen molar-refractivity contribution >= 4 is 18.3 Å². The summed E-state index contributed by atoms with van der Waals surface area (Å²) in [6.07, 6.45) is 0. The lowest BCUT2D eigenvalue weighted by Gasteiger charge is -2.17. The number of hydrogen-bond donors (Lipinski definition) is 2. The Hall–Kier alpha value is -1.74. The van der Waals surface area contributed by atoms with Crippen molar-refractivity contribution in [3.63, 3.8) is 0 Å². The second kappa shape index (κ2) is 8.64. The molecule has 0 fully saturated rings. The quantitative estimate of drug-likeness (QED) is 0.741. The van der Waals surface area contributed by atoms with Crippen LogP contribution in [0.25, 0.3) is 0 Å². The summed E-state index contributed by atoms with van der Waals surface area (Å²) in [4.78, 5) is 11.8. The van der Waals surface area contributed by atoms with E-state index in [-0.39, 0.29) is 23.7 Å². The van der Waals surface area contributed by atoms with E-state index in [1.165, 1.54) is 19.2 Å². The fourth-order valence-corrected chi connectivity index (χ4v) is 1.44. The number of para-hydroxylation sites is 1. The van der Waals surface area contributed by atoms with Crippen LogP contribution in [0.5, 0.6) is 11.5 Å². The number of hydrogen-bond acceptors (Lipinski definition) is 4. The highest BCUT2D eigenvalue weighted by Crippen LogP contribution is 2.32. The number of alkyl halides is 4. The highest BCUT2D eigenvalue weighted by atomic mass is 35.5. The number of carbonyl (C=O) groups excluding carboxylic acids is 1. The van der Waals surface area contributed by atoms with Gasteiger partial charge < -0.3 is 20.5 Å². The zero-order chi connectivity index (χ0) is 16.0. The summed E-state index contributed by atoms with van der Waals surface area (Å²) < 4.78 is 59.7. The van der Waals surface area contributed by atoms with Crippen molar-refractivity contribution in [3.8, 4) is 11.5 Å². The van der Waals surface area contributed by atoms with Gasteiger partial charge in [0, 0.05) is 0 Å². The summed E-state index contributed by atoms with van der Waals surface area (Å²) >= 11 is 0. The van der Waals surface area contributed by atoms with Crippen LogP contribution in [0.2, 0.25) is 0 Å². The van der Waals surface area contributed by atoms with Crippen molar-refractivity contribution < 1.29 is 31.8 Å². The van der Waals surface area contributed by atoms with Crippen molar-refractivity contribution in [2.45, 2.75) is 12.5 Å². The van der Waals surface area contributed by atoms with Gasteiger partial charge in [0.25, 0.3) is 11.8 Å². The summed E-state index contributed by atoms with van der Waals surface area (Å²) in [6.45, 7) is -5.17. The Labute approximate surface area is 130 Å². The molecule has 0 aliphatic rings. The number of benzene rings is 1. The average molecular weight is 347 g/mol. The summed E-state index contributed by atoms with van der Waals surface area (Å²) in [6, 6.07) is 3.78. The van der Waals surface area contributed by atoms with Crippen LogP contribution in [0.15, 0.2) is 18.2 Å². The largest absolute Gasteiger partial charge is 0.493 e. The lowest BCUT2D eigenvalue weighted by molar-refractivity contribution is -0.0516. The van der Waals surface area contributed by atoms with Gasteiger partial charge in [-0.05, 0) is 12.1 Å². The number of rotatable bonds is 7. The van der Waals surface area contributed by atoms with Gasteiger partial charge in [0.15, 0.2) is 11.5 Å². The fraction of sp³-hybridized carbons (Fsp3) is 0.417. The van der Waals surface area contributed by atoms with Crippen LogP contribution in [0.3, 0.4) is 0 Å². The zero-order valence-corrected chi connectivity index (χ0v) is 12.3. The molecule has 0 bridgehead atoms. The maximum atomic E-state index is 13.0. The third kappa shape index (κ3) is 5.57. The second-order valence-electron chi connectivity index (χ2n) is 3.96. The number of nitrogens with one attached hydrogen (secondary N) is 1. The smallest absolute Gasteiger partial charge is 0.387 e. The molecule has 126 valence electrons. The van der Waals surface area contributed by atoms with Crippen molar-refractivity contribution in [3.05, 3.63) is 23.8 Å². The van der Waals surface area contributed by atoms with Crippen molar-refractivity contribution in [2.24, 2.45) is 5.73 Å². The normalized spacial score (nSPS) is 10.9. The first-order valence-corrected chi connectivity index (χ1v) is 5.78. The topological polar surface area (TPSA) is 73.6 Å². The lowest BCUT2D eigenvalue weighted by atomic mass is 10.1. The van der Waals surface area contributed by atoms with Crippen molar-refractivity contribution in [1.29, 1.82) is 0 Å². The fourth-order valence-electron chi connectivity index (χ4n) is 1.44. The molecule has 0 aromatic heterocycles. The van der Waals surface area contributed by atoms with Crippen LogP contribution < -0.4 is 20.5 Å². The maximum absolute atomic E-state index is 13.0. The van der Waals surface area contributed by atoms with E-state index in [4.69, 9.17) is 10.5 Å². The molecule has 0 radical (unpaired) electrons. The van der Waals surface area contributed by atoms with E-state index in [0.29, 0.717) is 0 Å². The molecule has 0 heterocycles. The standard InChI is InChI=1S/C12H14F4N2O3.ClH/c1-20-8-4-2-3-7(9(8)21-11(13)14)10(19)18-6-12(15,16)5-17;/h2-4,11H,5-6,17H2,1H3,(H,18,19);1H. The molecule has 0 saturated carbocycles. The average Bonchev–Trinajstić information content (AvgIpc) is 2.44. The summed E-state index contributed by atoms with van der Waals surface area (Å²) in [5, 5.41) is 1.91. The van der Waals surface area contributed by atoms with Crippen LogP contribution in [0.4, 0.5) is 17.6 Å². The van der Waals surface area contributed by atoms with Crippen LogP contribution >= 0.6 is 12.4 Å². The van der Waals surface area contributed by atoms with Crippen LogP contribution in [0, 0.1) is 0 Å². The molecule has 0 unspecified atom stereocenters. The SMILES string of the molecule is COc1cccc(C(=O)NCC(F)(F)CN)c1OC(F)F.Cl. The minimum absolute atomic E-state index is 0. The monoisotopic (exact) mass is 346 g/mol. The van der Waals surface area contributed by atoms with E-state index in [2.05, 4.69) is 4.74 Å². The predicted molar refractivity (Wildman–Crippen MR) is 73.2 cm³/mol. The Bertz CT molecular complexity index is 503. The van der Waals surface area contributed by atoms with Gasteiger partial charge >= 0.3 is 6.61 Å². The molecule has 1 amide bonds. The molecule has 0 aliphatic carbocycles. The van der Waals surface area contributed by atoms with Crippen molar-refractivity contribution in [2.75, 3.05) is 20.2 Å². The number of nitrogens with two attached hydrogens (primary N) is 1. The molecule has 10 heteroatoms. The van der Waals surface area contributed by atoms with E-state index >= 15 is 0 Å². The summed E-state index contributed by atoms with van der Waals surface area (Å²) in [5.41, 5.74) is 4.48. The van der Waals surface area contributed by atoms with E-state index in [0.717, 1.165) is 6.07 Å². The maximum Gasteiger partial charge on any atom is 0.387 e.